The zero-order valence-corrected chi connectivity index (χ0v) is 39.4. The van der Waals surface area contributed by atoms with E-state index in [4.69, 9.17) is 0 Å². The molecule has 0 radical (unpaired) electrons. The molecule has 0 amide bonds. The monoisotopic (exact) mass is 888 g/mol. The van der Waals surface area contributed by atoms with Crippen molar-refractivity contribution in [3.05, 3.63) is 241 Å². The first kappa shape index (κ1) is 40.3. The van der Waals surface area contributed by atoms with Gasteiger partial charge in [0.2, 0.25) is 0 Å². The summed E-state index contributed by atoms with van der Waals surface area (Å²) in [7, 11) is 0. The third-order valence-electron chi connectivity index (χ3n) is 14.7. The number of fused-ring (bicyclic) bond motifs is 10. The fourth-order valence-corrected chi connectivity index (χ4v) is 12.5. The highest BCUT2D eigenvalue weighted by Crippen LogP contribution is 2.52. The largest absolute Gasteiger partial charge is 0.310 e. The van der Waals surface area contributed by atoms with Crippen molar-refractivity contribution in [2.24, 2.45) is 0 Å². The van der Waals surface area contributed by atoms with Crippen LogP contribution in [0.3, 0.4) is 0 Å². The minimum Gasteiger partial charge on any atom is -0.310 e. The number of para-hydroxylation sites is 1. The lowest BCUT2D eigenvalue weighted by Gasteiger charge is -2.28. The van der Waals surface area contributed by atoms with Crippen LogP contribution in [0.1, 0.15) is 36.1 Å². The third-order valence-corrected chi connectivity index (χ3v) is 15.9. The van der Waals surface area contributed by atoms with Crippen molar-refractivity contribution < 1.29 is 0 Å². The standard InChI is InChI=1S/C65H48N2S/c1-41-16-8-9-19-50(41)55-38-48(31-26-42(55)2)67-60-24-14-11-21-53(60)57-40-56(64-62(63(57)67)54-22-12-15-25-61(54)68-64)45-29-34-47(35-30-45)66(46-32-27-44(28-33-46)43-17-6-5-7-18-43)49-36-37-52-51-20-10-13-23-58(51)65(3,4)59(52)39-49/h5-40H,1-4H3. The minimum atomic E-state index is -0.116. The van der Waals surface area contributed by atoms with Gasteiger partial charge < -0.3 is 9.47 Å². The zero-order valence-electron chi connectivity index (χ0n) is 38.6. The van der Waals surface area contributed by atoms with Crippen molar-refractivity contribution in [1.29, 1.82) is 0 Å². The molecule has 1 aliphatic rings. The second-order valence-corrected chi connectivity index (χ2v) is 20.0. The van der Waals surface area contributed by atoms with Crippen molar-refractivity contribution in [1.82, 2.24) is 4.57 Å². The van der Waals surface area contributed by atoms with Crippen molar-refractivity contribution >= 4 is 70.4 Å². The van der Waals surface area contributed by atoms with E-state index in [9.17, 15) is 0 Å². The molecule has 0 atom stereocenters. The van der Waals surface area contributed by atoms with Gasteiger partial charge in [0.25, 0.3) is 0 Å². The Morgan fingerprint density at radius 2 is 1.01 bits per heavy atom. The van der Waals surface area contributed by atoms with Crippen LogP contribution in [0.2, 0.25) is 0 Å². The summed E-state index contributed by atoms with van der Waals surface area (Å²) in [5.74, 6) is 0. The molecule has 2 aromatic heterocycles. The van der Waals surface area contributed by atoms with Crippen LogP contribution < -0.4 is 4.90 Å². The van der Waals surface area contributed by atoms with Gasteiger partial charge in [-0.25, -0.2) is 0 Å². The lowest BCUT2D eigenvalue weighted by Crippen LogP contribution is -2.16. The molecule has 12 aromatic rings. The fourth-order valence-electron chi connectivity index (χ4n) is 11.2. The molecule has 2 heterocycles. The quantitative estimate of drug-likeness (QED) is 0.155. The Labute approximate surface area is 401 Å². The molecule has 2 nitrogen and oxygen atoms in total. The first-order chi connectivity index (χ1) is 33.3. The number of aryl methyl sites for hydroxylation is 2. The van der Waals surface area contributed by atoms with E-state index >= 15 is 0 Å². The van der Waals surface area contributed by atoms with E-state index in [-0.39, 0.29) is 5.41 Å². The first-order valence-electron chi connectivity index (χ1n) is 23.7. The van der Waals surface area contributed by atoms with Gasteiger partial charge in [0.1, 0.15) is 0 Å². The number of aromatic nitrogens is 1. The number of thiophene rings is 1. The number of rotatable bonds is 7. The van der Waals surface area contributed by atoms with E-state index in [0.29, 0.717) is 0 Å². The second kappa shape index (κ2) is 15.6. The lowest BCUT2D eigenvalue weighted by molar-refractivity contribution is 0.660. The zero-order chi connectivity index (χ0) is 45.7. The lowest BCUT2D eigenvalue weighted by atomic mass is 9.82. The van der Waals surface area contributed by atoms with Gasteiger partial charge in [-0.2, -0.15) is 0 Å². The number of anilines is 3. The Balaban J connectivity index is 0.990. The minimum absolute atomic E-state index is 0.116. The molecule has 0 spiro atoms. The Hall–Kier alpha value is -7.98. The molecule has 3 heteroatoms. The van der Waals surface area contributed by atoms with Gasteiger partial charge in [0.05, 0.1) is 11.0 Å². The number of benzene rings is 10. The van der Waals surface area contributed by atoms with Crippen molar-refractivity contribution in [3.8, 4) is 50.2 Å². The highest BCUT2D eigenvalue weighted by molar-refractivity contribution is 7.26. The van der Waals surface area contributed by atoms with Crippen molar-refractivity contribution in [2.45, 2.75) is 33.1 Å². The van der Waals surface area contributed by atoms with E-state index in [1.807, 2.05) is 11.3 Å². The summed E-state index contributed by atoms with van der Waals surface area (Å²) in [6.45, 7) is 9.17. The summed E-state index contributed by atoms with van der Waals surface area (Å²) >= 11 is 1.90. The van der Waals surface area contributed by atoms with E-state index in [1.165, 1.54) is 114 Å². The molecule has 0 saturated heterocycles. The molecule has 1 aliphatic carbocycles. The van der Waals surface area contributed by atoms with E-state index in [1.54, 1.807) is 0 Å². The van der Waals surface area contributed by atoms with Gasteiger partial charge in [0, 0.05) is 64.7 Å². The maximum absolute atomic E-state index is 2.53. The number of hydrogen-bond acceptors (Lipinski definition) is 2. The van der Waals surface area contributed by atoms with Gasteiger partial charge >= 0.3 is 0 Å². The molecule has 0 unspecified atom stereocenters. The summed E-state index contributed by atoms with van der Waals surface area (Å²) in [5.41, 5.74) is 22.3. The molecular weight excluding hydrogens is 841 g/mol. The van der Waals surface area contributed by atoms with Crippen LogP contribution in [0.4, 0.5) is 17.1 Å². The van der Waals surface area contributed by atoms with Crippen LogP contribution in [0, 0.1) is 13.8 Å². The molecule has 0 N–H and O–H groups in total. The van der Waals surface area contributed by atoms with Gasteiger partial charge in [-0.1, -0.05) is 166 Å². The summed E-state index contributed by atoms with van der Waals surface area (Å²) in [6.07, 6.45) is 0. The summed E-state index contributed by atoms with van der Waals surface area (Å²) in [5, 5.41) is 5.11. The van der Waals surface area contributed by atoms with E-state index in [0.717, 1.165) is 17.1 Å². The molecule has 0 fully saturated rings. The average molecular weight is 889 g/mol. The fraction of sp³-hybridized carbons (Fsp3) is 0.0769. The molecule has 0 aliphatic heterocycles. The molecule has 324 valence electrons. The van der Waals surface area contributed by atoms with E-state index < -0.39 is 0 Å². The molecule has 0 bridgehead atoms. The third kappa shape index (κ3) is 6.23. The van der Waals surface area contributed by atoms with Gasteiger partial charge in [-0.3, -0.25) is 0 Å². The van der Waals surface area contributed by atoms with Crippen LogP contribution in [-0.2, 0) is 5.41 Å². The number of hydrogen-bond donors (Lipinski definition) is 0. The predicted octanol–water partition coefficient (Wildman–Crippen LogP) is 18.5. The summed E-state index contributed by atoms with van der Waals surface area (Å²) in [4.78, 5) is 2.43. The van der Waals surface area contributed by atoms with Gasteiger partial charge in [0.15, 0.2) is 0 Å². The molecule has 0 saturated carbocycles. The summed E-state index contributed by atoms with van der Waals surface area (Å²) < 4.78 is 5.12. The highest BCUT2D eigenvalue weighted by Gasteiger charge is 2.36. The Bertz CT molecular complexity index is 3940. The average Bonchev–Trinajstić information content (AvgIpc) is 4.00. The highest BCUT2D eigenvalue weighted by atomic mass is 32.1. The normalized spacial score (nSPS) is 12.8. The van der Waals surface area contributed by atoms with Gasteiger partial charge in [-0.05, 0) is 142 Å². The topological polar surface area (TPSA) is 8.17 Å². The second-order valence-electron chi connectivity index (χ2n) is 19.0. The Kier molecular flexibility index (Phi) is 9.22. The van der Waals surface area contributed by atoms with Crippen molar-refractivity contribution in [2.75, 3.05) is 4.90 Å². The first-order valence-corrected chi connectivity index (χ1v) is 24.5. The Morgan fingerprint density at radius 1 is 0.412 bits per heavy atom. The van der Waals surface area contributed by atoms with Crippen molar-refractivity contribution in [3.63, 3.8) is 0 Å². The smallest absolute Gasteiger partial charge is 0.0634 e. The maximum Gasteiger partial charge on any atom is 0.0634 e. The molecule has 68 heavy (non-hydrogen) atoms. The van der Waals surface area contributed by atoms with Gasteiger partial charge in [-0.15, -0.1) is 11.3 Å². The summed E-state index contributed by atoms with van der Waals surface area (Å²) in [6, 6.07) is 81.1. The number of nitrogens with zero attached hydrogens (tertiary/aromatic N) is 2. The van der Waals surface area contributed by atoms with E-state index in [2.05, 4.69) is 256 Å². The Morgan fingerprint density at radius 3 is 1.79 bits per heavy atom. The molecule has 10 aromatic carbocycles. The van der Waals surface area contributed by atoms with Crippen LogP contribution >= 0.6 is 11.3 Å². The van der Waals surface area contributed by atoms with Crippen LogP contribution in [0.15, 0.2) is 218 Å². The molecule has 13 rings (SSSR count). The van der Waals surface area contributed by atoms with Crippen LogP contribution in [0.5, 0.6) is 0 Å². The van der Waals surface area contributed by atoms with Crippen LogP contribution in [-0.4, -0.2) is 4.57 Å². The SMILES string of the molecule is Cc1ccccc1-c1cc(-n2c3ccccc3c3cc(-c4ccc(N(c5ccc(-c6ccccc6)cc5)c5ccc6c(c5)C(C)(C)c5ccccc5-6)cc4)c4sc5ccccc5c4c32)ccc1C. The van der Waals surface area contributed by atoms with Crippen LogP contribution in [0.25, 0.3) is 92.2 Å². The predicted molar refractivity (Wildman–Crippen MR) is 292 cm³/mol. The maximum atomic E-state index is 2.53. The molecular formula is C65H48N2S.